The molecule has 1 rings (SSSR count). The van der Waals surface area contributed by atoms with E-state index in [-0.39, 0.29) is 12.1 Å². The molecule has 2 atom stereocenters. The maximum atomic E-state index is 5.96. The standard InChI is InChI=1S/C11H18N2O2/c1-7(12)11(13)9-5-4-8(14-2)6-10(9)15-3/h4-7,11H,12-13H2,1-3H3. The molecule has 0 aliphatic rings. The molecule has 0 aliphatic heterocycles. The van der Waals surface area contributed by atoms with Gasteiger partial charge in [-0.1, -0.05) is 6.07 Å². The predicted octanol–water partition coefficient (Wildman–Crippen LogP) is 1.05. The summed E-state index contributed by atoms with van der Waals surface area (Å²) < 4.78 is 10.3. The second-order valence-corrected chi connectivity index (χ2v) is 3.49. The largest absolute Gasteiger partial charge is 0.497 e. The Kier molecular flexibility index (Phi) is 3.94. The van der Waals surface area contributed by atoms with Crippen molar-refractivity contribution in [3.63, 3.8) is 0 Å². The highest BCUT2D eigenvalue weighted by Crippen LogP contribution is 2.29. The summed E-state index contributed by atoms with van der Waals surface area (Å²) in [5.41, 5.74) is 12.6. The second kappa shape index (κ2) is 5.00. The van der Waals surface area contributed by atoms with Gasteiger partial charge in [0.2, 0.25) is 0 Å². The molecule has 2 unspecified atom stereocenters. The molecule has 15 heavy (non-hydrogen) atoms. The first kappa shape index (κ1) is 11.8. The van der Waals surface area contributed by atoms with Crippen LogP contribution in [0.25, 0.3) is 0 Å². The topological polar surface area (TPSA) is 70.5 Å². The van der Waals surface area contributed by atoms with Gasteiger partial charge in [-0.3, -0.25) is 0 Å². The van der Waals surface area contributed by atoms with Crippen LogP contribution in [-0.4, -0.2) is 20.3 Å². The lowest BCUT2D eigenvalue weighted by Crippen LogP contribution is -2.31. The van der Waals surface area contributed by atoms with Gasteiger partial charge in [0.15, 0.2) is 0 Å². The number of nitrogens with two attached hydrogens (primary N) is 2. The van der Waals surface area contributed by atoms with Gasteiger partial charge in [-0.25, -0.2) is 0 Å². The van der Waals surface area contributed by atoms with Crippen LogP contribution in [0.15, 0.2) is 18.2 Å². The Balaban J connectivity index is 3.07. The zero-order chi connectivity index (χ0) is 11.4. The Morgan fingerprint density at radius 3 is 2.27 bits per heavy atom. The minimum absolute atomic E-state index is 0.118. The van der Waals surface area contributed by atoms with E-state index in [0.29, 0.717) is 5.75 Å². The van der Waals surface area contributed by atoms with Crippen LogP contribution in [0.3, 0.4) is 0 Å². The molecule has 84 valence electrons. The average molecular weight is 210 g/mol. The summed E-state index contributed by atoms with van der Waals surface area (Å²) in [5, 5.41) is 0. The molecule has 0 saturated heterocycles. The van der Waals surface area contributed by atoms with Gasteiger partial charge in [-0.05, 0) is 13.0 Å². The summed E-state index contributed by atoms with van der Waals surface area (Å²) >= 11 is 0. The zero-order valence-electron chi connectivity index (χ0n) is 9.36. The zero-order valence-corrected chi connectivity index (χ0v) is 9.36. The van der Waals surface area contributed by atoms with Crippen LogP contribution < -0.4 is 20.9 Å². The third-order valence-corrected chi connectivity index (χ3v) is 2.37. The van der Waals surface area contributed by atoms with E-state index in [1.165, 1.54) is 0 Å². The third-order valence-electron chi connectivity index (χ3n) is 2.37. The van der Waals surface area contributed by atoms with E-state index in [4.69, 9.17) is 20.9 Å². The van der Waals surface area contributed by atoms with Crippen molar-refractivity contribution in [2.75, 3.05) is 14.2 Å². The number of rotatable bonds is 4. The Hall–Kier alpha value is -1.26. The molecule has 4 N–H and O–H groups in total. The molecule has 0 amide bonds. The molecule has 0 radical (unpaired) electrons. The Morgan fingerprint density at radius 2 is 1.80 bits per heavy atom. The molecule has 4 nitrogen and oxygen atoms in total. The van der Waals surface area contributed by atoms with Crippen molar-refractivity contribution < 1.29 is 9.47 Å². The molecule has 1 aromatic carbocycles. The SMILES string of the molecule is COc1ccc(C(N)C(C)N)c(OC)c1. The van der Waals surface area contributed by atoms with Gasteiger partial charge < -0.3 is 20.9 Å². The summed E-state index contributed by atoms with van der Waals surface area (Å²) in [5.74, 6) is 1.45. The van der Waals surface area contributed by atoms with Crippen molar-refractivity contribution in [1.29, 1.82) is 0 Å². The normalized spacial score (nSPS) is 14.5. The van der Waals surface area contributed by atoms with Crippen molar-refractivity contribution in [3.8, 4) is 11.5 Å². The molecule has 0 aromatic heterocycles. The quantitative estimate of drug-likeness (QED) is 0.779. The van der Waals surface area contributed by atoms with Gasteiger partial charge >= 0.3 is 0 Å². The van der Waals surface area contributed by atoms with Crippen LogP contribution in [0.5, 0.6) is 11.5 Å². The molecular weight excluding hydrogens is 192 g/mol. The van der Waals surface area contributed by atoms with Crippen LogP contribution in [0.2, 0.25) is 0 Å². The van der Waals surface area contributed by atoms with Gasteiger partial charge in [0, 0.05) is 23.7 Å². The van der Waals surface area contributed by atoms with E-state index < -0.39 is 0 Å². The summed E-state index contributed by atoms with van der Waals surface area (Å²) in [6.45, 7) is 1.87. The van der Waals surface area contributed by atoms with Crippen molar-refractivity contribution >= 4 is 0 Å². The maximum Gasteiger partial charge on any atom is 0.127 e. The lowest BCUT2D eigenvalue weighted by Gasteiger charge is -2.19. The highest BCUT2D eigenvalue weighted by atomic mass is 16.5. The summed E-state index contributed by atoms with van der Waals surface area (Å²) in [6.07, 6.45) is 0. The van der Waals surface area contributed by atoms with E-state index in [1.54, 1.807) is 20.3 Å². The van der Waals surface area contributed by atoms with Gasteiger partial charge in [-0.2, -0.15) is 0 Å². The maximum absolute atomic E-state index is 5.96. The van der Waals surface area contributed by atoms with E-state index in [1.807, 2.05) is 19.1 Å². The molecule has 0 aliphatic carbocycles. The third kappa shape index (κ3) is 2.61. The van der Waals surface area contributed by atoms with E-state index in [9.17, 15) is 0 Å². The lowest BCUT2D eigenvalue weighted by atomic mass is 10.0. The molecule has 0 bridgehead atoms. The first-order valence-corrected chi connectivity index (χ1v) is 4.83. The predicted molar refractivity (Wildman–Crippen MR) is 60.1 cm³/mol. The first-order chi connectivity index (χ1) is 7.10. The highest BCUT2D eigenvalue weighted by Gasteiger charge is 2.16. The Labute approximate surface area is 90.2 Å². The fourth-order valence-corrected chi connectivity index (χ4v) is 1.38. The smallest absolute Gasteiger partial charge is 0.127 e. The molecule has 0 spiro atoms. The van der Waals surface area contributed by atoms with Gasteiger partial charge in [0.1, 0.15) is 11.5 Å². The number of benzene rings is 1. The Morgan fingerprint density at radius 1 is 1.13 bits per heavy atom. The number of ether oxygens (including phenoxy) is 2. The summed E-state index contributed by atoms with van der Waals surface area (Å²) in [7, 11) is 3.21. The molecule has 0 saturated carbocycles. The fourth-order valence-electron chi connectivity index (χ4n) is 1.38. The van der Waals surface area contributed by atoms with Crippen LogP contribution >= 0.6 is 0 Å². The molecule has 0 fully saturated rings. The van der Waals surface area contributed by atoms with Crippen LogP contribution in [-0.2, 0) is 0 Å². The summed E-state index contributed by atoms with van der Waals surface area (Å²) in [4.78, 5) is 0. The molecular formula is C11H18N2O2. The number of hydrogen-bond donors (Lipinski definition) is 2. The van der Waals surface area contributed by atoms with Crippen molar-refractivity contribution in [1.82, 2.24) is 0 Å². The lowest BCUT2D eigenvalue weighted by molar-refractivity contribution is 0.386. The molecule has 4 heteroatoms. The highest BCUT2D eigenvalue weighted by molar-refractivity contribution is 5.42. The van der Waals surface area contributed by atoms with Crippen LogP contribution in [0.1, 0.15) is 18.5 Å². The summed E-state index contributed by atoms with van der Waals surface area (Å²) in [6, 6.07) is 5.18. The van der Waals surface area contributed by atoms with Crippen molar-refractivity contribution in [2.45, 2.75) is 19.0 Å². The first-order valence-electron chi connectivity index (χ1n) is 4.83. The van der Waals surface area contributed by atoms with Crippen LogP contribution in [0.4, 0.5) is 0 Å². The minimum atomic E-state index is -0.231. The number of hydrogen-bond acceptors (Lipinski definition) is 4. The monoisotopic (exact) mass is 210 g/mol. The average Bonchev–Trinajstić information content (AvgIpc) is 2.27. The van der Waals surface area contributed by atoms with E-state index in [2.05, 4.69) is 0 Å². The van der Waals surface area contributed by atoms with Crippen molar-refractivity contribution in [2.24, 2.45) is 11.5 Å². The number of methoxy groups -OCH3 is 2. The van der Waals surface area contributed by atoms with Crippen LogP contribution in [0, 0.1) is 0 Å². The Bertz CT molecular complexity index is 326. The fraction of sp³-hybridized carbons (Fsp3) is 0.455. The van der Waals surface area contributed by atoms with E-state index >= 15 is 0 Å². The van der Waals surface area contributed by atoms with Crippen molar-refractivity contribution in [3.05, 3.63) is 23.8 Å². The molecule has 0 heterocycles. The molecule has 1 aromatic rings. The van der Waals surface area contributed by atoms with Gasteiger partial charge in [-0.15, -0.1) is 0 Å². The minimum Gasteiger partial charge on any atom is -0.497 e. The van der Waals surface area contributed by atoms with Gasteiger partial charge in [0.05, 0.1) is 14.2 Å². The van der Waals surface area contributed by atoms with E-state index in [0.717, 1.165) is 11.3 Å². The second-order valence-electron chi connectivity index (χ2n) is 3.49. The van der Waals surface area contributed by atoms with Gasteiger partial charge in [0.25, 0.3) is 0 Å².